The topological polar surface area (TPSA) is 71.1 Å². The fourth-order valence-electron chi connectivity index (χ4n) is 2.80. The summed E-state index contributed by atoms with van der Waals surface area (Å²) in [6, 6.07) is 3.30. The molecule has 0 amide bonds. The Balaban J connectivity index is 2.14. The quantitative estimate of drug-likeness (QED) is 0.820. The second kappa shape index (κ2) is 7.22. The Bertz CT molecular complexity index is 560. The Kier molecular flexibility index (Phi) is 5.58. The monoisotopic (exact) mass is 311 g/mol. The van der Waals surface area contributed by atoms with Gasteiger partial charge in [-0.1, -0.05) is 19.8 Å². The second-order valence-corrected chi connectivity index (χ2v) is 7.49. The van der Waals surface area contributed by atoms with Crippen LogP contribution < -0.4 is 10.0 Å². The lowest BCUT2D eigenvalue weighted by Gasteiger charge is -2.18. The second-order valence-electron chi connectivity index (χ2n) is 5.81. The summed E-state index contributed by atoms with van der Waals surface area (Å²) < 4.78 is 28.1. The third kappa shape index (κ3) is 4.41. The van der Waals surface area contributed by atoms with Crippen LogP contribution in [0.2, 0.25) is 0 Å². The number of pyridine rings is 1. The molecule has 0 radical (unpaired) electrons. The van der Waals surface area contributed by atoms with E-state index >= 15 is 0 Å². The summed E-state index contributed by atoms with van der Waals surface area (Å²) in [5.41, 5.74) is 0. The minimum absolute atomic E-state index is 0.0367. The van der Waals surface area contributed by atoms with Crippen LogP contribution in [0.5, 0.6) is 0 Å². The molecule has 21 heavy (non-hydrogen) atoms. The molecule has 1 aromatic rings. The summed E-state index contributed by atoms with van der Waals surface area (Å²) in [6.07, 6.45) is 6.79. The lowest BCUT2D eigenvalue weighted by Crippen LogP contribution is -2.35. The molecule has 0 bridgehead atoms. The molecule has 1 aliphatic rings. The van der Waals surface area contributed by atoms with Crippen molar-refractivity contribution in [2.24, 2.45) is 5.92 Å². The highest BCUT2D eigenvalue weighted by atomic mass is 32.2. The minimum atomic E-state index is -3.52. The van der Waals surface area contributed by atoms with E-state index in [-0.39, 0.29) is 10.9 Å². The van der Waals surface area contributed by atoms with Crippen LogP contribution in [0, 0.1) is 5.92 Å². The number of rotatable bonds is 5. The van der Waals surface area contributed by atoms with Crippen LogP contribution in [-0.2, 0) is 10.0 Å². The van der Waals surface area contributed by atoms with Crippen molar-refractivity contribution in [2.45, 2.75) is 56.9 Å². The van der Waals surface area contributed by atoms with Crippen molar-refractivity contribution < 1.29 is 8.42 Å². The first kappa shape index (κ1) is 16.2. The van der Waals surface area contributed by atoms with E-state index in [1.54, 1.807) is 18.3 Å². The molecule has 0 aliphatic heterocycles. The molecule has 6 heteroatoms. The fourth-order valence-corrected chi connectivity index (χ4v) is 4.23. The molecule has 5 nitrogen and oxygen atoms in total. The van der Waals surface area contributed by atoms with Gasteiger partial charge in [0.1, 0.15) is 10.7 Å². The minimum Gasteiger partial charge on any atom is -0.369 e. The highest BCUT2D eigenvalue weighted by molar-refractivity contribution is 7.89. The average Bonchev–Trinajstić information content (AvgIpc) is 2.64. The van der Waals surface area contributed by atoms with Crippen molar-refractivity contribution >= 4 is 15.8 Å². The summed E-state index contributed by atoms with van der Waals surface area (Å²) in [6.45, 7) is 4.80. The molecule has 118 valence electrons. The van der Waals surface area contributed by atoms with Gasteiger partial charge in [-0.15, -0.1) is 0 Å². The van der Waals surface area contributed by atoms with Gasteiger partial charge in [0.2, 0.25) is 10.0 Å². The van der Waals surface area contributed by atoms with Crippen molar-refractivity contribution in [1.29, 1.82) is 0 Å². The van der Waals surface area contributed by atoms with Crippen molar-refractivity contribution in [2.75, 3.05) is 11.9 Å². The molecule has 2 N–H and O–H groups in total. The summed E-state index contributed by atoms with van der Waals surface area (Å²) in [5, 5.41) is 3.01. The van der Waals surface area contributed by atoms with Crippen LogP contribution in [0.25, 0.3) is 0 Å². The lowest BCUT2D eigenvalue weighted by molar-refractivity contribution is 0.484. The van der Waals surface area contributed by atoms with Crippen molar-refractivity contribution in [3.05, 3.63) is 18.3 Å². The van der Waals surface area contributed by atoms with E-state index in [0.717, 1.165) is 25.7 Å². The van der Waals surface area contributed by atoms with E-state index in [0.29, 0.717) is 18.3 Å². The molecule has 1 aliphatic carbocycles. The van der Waals surface area contributed by atoms with Crippen LogP contribution in [0.4, 0.5) is 5.82 Å². The Morgan fingerprint density at radius 2 is 2.10 bits per heavy atom. The van der Waals surface area contributed by atoms with Gasteiger partial charge in [0.25, 0.3) is 0 Å². The van der Waals surface area contributed by atoms with E-state index in [1.165, 1.54) is 6.42 Å². The third-order valence-electron chi connectivity index (χ3n) is 3.98. The van der Waals surface area contributed by atoms with E-state index in [9.17, 15) is 8.42 Å². The van der Waals surface area contributed by atoms with Gasteiger partial charge in [0.15, 0.2) is 0 Å². The van der Waals surface area contributed by atoms with Crippen LogP contribution >= 0.6 is 0 Å². The normalized spacial score (nSPS) is 23.5. The highest BCUT2D eigenvalue weighted by Gasteiger charge is 2.25. The zero-order chi connectivity index (χ0) is 15.3. The molecular formula is C15H25N3O2S. The van der Waals surface area contributed by atoms with Gasteiger partial charge in [0.05, 0.1) is 0 Å². The summed E-state index contributed by atoms with van der Waals surface area (Å²) in [7, 11) is -3.52. The molecule has 0 spiro atoms. The SMILES string of the molecule is CCNc1ncccc1S(=O)(=O)NC1CCCC(C)CC1. The zero-order valence-corrected chi connectivity index (χ0v) is 13.6. The van der Waals surface area contributed by atoms with Crippen molar-refractivity contribution in [1.82, 2.24) is 9.71 Å². The maximum absolute atomic E-state index is 12.6. The van der Waals surface area contributed by atoms with Gasteiger partial charge in [-0.25, -0.2) is 18.1 Å². The van der Waals surface area contributed by atoms with Gasteiger partial charge in [-0.2, -0.15) is 0 Å². The van der Waals surface area contributed by atoms with Crippen LogP contribution in [0.3, 0.4) is 0 Å². The van der Waals surface area contributed by atoms with Gasteiger partial charge in [-0.05, 0) is 44.2 Å². The van der Waals surface area contributed by atoms with Gasteiger partial charge in [-0.3, -0.25) is 0 Å². The number of nitrogens with zero attached hydrogens (tertiary/aromatic N) is 1. The van der Waals surface area contributed by atoms with Gasteiger partial charge in [0, 0.05) is 18.8 Å². The number of sulfonamides is 1. The first-order valence-electron chi connectivity index (χ1n) is 7.74. The van der Waals surface area contributed by atoms with Gasteiger partial charge < -0.3 is 5.32 Å². The largest absolute Gasteiger partial charge is 0.369 e. The molecular weight excluding hydrogens is 286 g/mol. The van der Waals surface area contributed by atoms with Gasteiger partial charge >= 0.3 is 0 Å². The number of aromatic nitrogens is 1. The number of anilines is 1. The van der Waals surface area contributed by atoms with Crippen LogP contribution in [0.1, 0.15) is 46.0 Å². The smallest absolute Gasteiger partial charge is 0.244 e. The first-order valence-corrected chi connectivity index (χ1v) is 9.22. The number of hydrogen-bond donors (Lipinski definition) is 2. The van der Waals surface area contributed by atoms with E-state index in [4.69, 9.17) is 0 Å². The lowest BCUT2D eigenvalue weighted by atomic mass is 10.0. The first-order chi connectivity index (χ1) is 10.0. The Hall–Kier alpha value is -1.14. The predicted octanol–water partition coefficient (Wildman–Crippen LogP) is 2.76. The van der Waals surface area contributed by atoms with E-state index < -0.39 is 10.0 Å². The fraction of sp³-hybridized carbons (Fsp3) is 0.667. The Morgan fingerprint density at radius 1 is 1.29 bits per heavy atom. The van der Waals surface area contributed by atoms with E-state index in [2.05, 4.69) is 21.9 Å². The molecule has 1 aromatic heterocycles. The molecule has 0 aromatic carbocycles. The summed E-state index contributed by atoms with van der Waals surface area (Å²) in [5.74, 6) is 1.12. The van der Waals surface area contributed by atoms with Crippen LogP contribution in [-0.4, -0.2) is 26.0 Å². The molecule has 1 saturated carbocycles. The average molecular weight is 311 g/mol. The Labute approximate surface area is 127 Å². The maximum atomic E-state index is 12.6. The van der Waals surface area contributed by atoms with Crippen LogP contribution in [0.15, 0.2) is 23.2 Å². The summed E-state index contributed by atoms with van der Waals surface area (Å²) in [4.78, 5) is 4.37. The van der Waals surface area contributed by atoms with Crippen molar-refractivity contribution in [3.8, 4) is 0 Å². The molecule has 1 heterocycles. The summed E-state index contributed by atoms with van der Waals surface area (Å²) >= 11 is 0. The molecule has 2 unspecified atom stereocenters. The zero-order valence-electron chi connectivity index (χ0n) is 12.8. The molecule has 0 saturated heterocycles. The standard InChI is InChI=1S/C15H25N3O2S/c1-3-16-15-14(8-5-11-17-15)21(19,20)18-13-7-4-6-12(2)9-10-13/h5,8,11-13,18H,3-4,6-7,9-10H2,1-2H3,(H,16,17). The number of hydrogen-bond acceptors (Lipinski definition) is 4. The maximum Gasteiger partial charge on any atom is 0.244 e. The molecule has 2 rings (SSSR count). The number of nitrogens with one attached hydrogen (secondary N) is 2. The van der Waals surface area contributed by atoms with Crippen molar-refractivity contribution in [3.63, 3.8) is 0 Å². The predicted molar refractivity (Wildman–Crippen MR) is 84.8 cm³/mol. The highest BCUT2D eigenvalue weighted by Crippen LogP contribution is 2.25. The molecule has 2 atom stereocenters. The molecule has 1 fully saturated rings. The van der Waals surface area contributed by atoms with E-state index in [1.807, 2.05) is 6.92 Å². The Morgan fingerprint density at radius 3 is 2.86 bits per heavy atom. The third-order valence-corrected chi connectivity index (χ3v) is 5.54.